The molecule has 1 N–H and O–H groups in total. The fourth-order valence-corrected chi connectivity index (χ4v) is 3.66. The standard InChI is InChI=1S/C18H26N2/c1-3-14-7-6-10-17-15(13-20(2)18(14)17)11-12-19-16-8-4-5-9-16/h6-7,10,13,16,19H,3-5,8-9,11-12H2,1-2H3. The molecule has 1 fully saturated rings. The smallest absolute Gasteiger partial charge is 0.0512 e. The minimum absolute atomic E-state index is 0.774. The zero-order valence-corrected chi connectivity index (χ0v) is 12.8. The Morgan fingerprint density at radius 1 is 1.20 bits per heavy atom. The summed E-state index contributed by atoms with van der Waals surface area (Å²) in [6.45, 7) is 3.35. The Balaban J connectivity index is 1.74. The molecule has 2 aromatic rings. The average molecular weight is 270 g/mol. The lowest BCUT2D eigenvalue weighted by Gasteiger charge is -2.11. The highest BCUT2D eigenvalue weighted by Gasteiger charge is 2.14. The zero-order chi connectivity index (χ0) is 13.9. The molecule has 20 heavy (non-hydrogen) atoms. The average Bonchev–Trinajstić information content (AvgIpc) is 3.08. The molecular formula is C18H26N2. The molecule has 0 aliphatic heterocycles. The van der Waals surface area contributed by atoms with E-state index >= 15 is 0 Å². The van der Waals surface area contributed by atoms with E-state index in [4.69, 9.17) is 0 Å². The second kappa shape index (κ2) is 6.01. The third-order valence-corrected chi connectivity index (χ3v) is 4.73. The van der Waals surface area contributed by atoms with Gasteiger partial charge in [-0.05, 0) is 43.4 Å². The first kappa shape index (κ1) is 13.7. The Bertz CT molecular complexity index is 576. The molecule has 108 valence electrons. The summed E-state index contributed by atoms with van der Waals surface area (Å²) in [5.41, 5.74) is 4.37. The van der Waals surface area contributed by atoms with Gasteiger partial charge in [-0.1, -0.05) is 38.0 Å². The Morgan fingerprint density at radius 2 is 2.00 bits per heavy atom. The van der Waals surface area contributed by atoms with Crippen LogP contribution in [0, 0.1) is 0 Å². The molecule has 1 saturated carbocycles. The maximum atomic E-state index is 3.72. The summed E-state index contributed by atoms with van der Waals surface area (Å²) in [4.78, 5) is 0. The normalized spacial score (nSPS) is 16.3. The minimum atomic E-state index is 0.774. The van der Waals surface area contributed by atoms with Crippen LogP contribution in [0.25, 0.3) is 10.9 Å². The summed E-state index contributed by atoms with van der Waals surface area (Å²) in [7, 11) is 2.18. The molecule has 0 unspecified atom stereocenters. The van der Waals surface area contributed by atoms with Gasteiger partial charge in [0.05, 0.1) is 5.52 Å². The number of aromatic nitrogens is 1. The second-order valence-electron chi connectivity index (χ2n) is 6.12. The van der Waals surface area contributed by atoms with Crippen LogP contribution in [-0.4, -0.2) is 17.2 Å². The quantitative estimate of drug-likeness (QED) is 0.874. The summed E-state index contributed by atoms with van der Waals surface area (Å²) in [6.07, 6.45) is 10.1. The molecule has 1 aromatic carbocycles. The maximum Gasteiger partial charge on any atom is 0.0512 e. The molecule has 1 aliphatic rings. The van der Waals surface area contributed by atoms with Gasteiger partial charge in [0.2, 0.25) is 0 Å². The van der Waals surface area contributed by atoms with E-state index in [2.05, 4.69) is 48.3 Å². The lowest BCUT2D eigenvalue weighted by molar-refractivity contribution is 0.528. The topological polar surface area (TPSA) is 17.0 Å². The molecule has 2 heteroatoms. The molecule has 1 aliphatic carbocycles. The monoisotopic (exact) mass is 270 g/mol. The number of fused-ring (bicyclic) bond motifs is 1. The van der Waals surface area contributed by atoms with Gasteiger partial charge in [0.1, 0.15) is 0 Å². The van der Waals surface area contributed by atoms with Gasteiger partial charge < -0.3 is 9.88 Å². The predicted molar refractivity (Wildman–Crippen MR) is 86.3 cm³/mol. The Morgan fingerprint density at radius 3 is 2.75 bits per heavy atom. The highest BCUT2D eigenvalue weighted by atomic mass is 14.9. The van der Waals surface area contributed by atoms with Crippen LogP contribution in [0.15, 0.2) is 24.4 Å². The van der Waals surface area contributed by atoms with E-state index in [1.165, 1.54) is 47.7 Å². The lowest BCUT2D eigenvalue weighted by Crippen LogP contribution is -2.27. The van der Waals surface area contributed by atoms with Crippen molar-refractivity contribution in [2.45, 2.75) is 51.5 Å². The summed E-state index contributed by atoms with van der Waals surface area (Å²) in [5.74, 6) is 0. The molecular weight excluding hydrogens is 244 g/mol. The van der Waals surface area contributed by atoms with E-state index in [1.54, 1.807) is 0 Å². The van der Waals surface area contributed by atoms with Crippen molar-refractivity contribution in [2.75, 3.05) is 6.54 Å². The maximum absolute atomic E-state index is 3.72. The predicted octanol–water partition coefficient (Wildman–Crippen LogP) is 3.82. The van der Waals surface area contributed by atoms with Crippen LogP contribution in [0.3, 0.4) is 0 Å². The van der Waals surface area contributed by atoms with Crippen molar-refractivity contribution in [3.05, 3.63) is 35.5 Å². The van der Waals surface area contributed by atoms with Crippen molar-refractivity contribution in [1.29, 1.82) is 0 Å². The van der Waals surface area contributed by atoms with Gasteiger partial charge in [-0.15, -0.1) is 0 Å². The largest absolute Gasteiger partial charge is 0.350 e. The van der Waals surface area contributed by atoms with Gasteiger partial charge in [0.25, 0.3) is 0 Å². The molecule has 0 spiro atoms. The molecule has 0 saturated heterocycles. The number of hydrogen-bond donors (Lipinski definition) is 1. The van der Waals surface area contributed by atoms with Crippen LogP contribution < -0.4 is 5.32 Å². The van der Waals surface area contributed by atoms with Crippen molar-refractivity contribution < 1.29 is 0 Å². The van der Waals surface area contributed by atoms with Crippen molar-refractivity contribution >= 4 is 10.9 Å². The highest BCUT2D eigenvalue weighted by Crippen LogP contribution is 2.25. The van der Waals surface area contributed by atoms with Gasteiger partial charge in [-0.2, -0.15) is 0 Å². The third-order valence-electron chi connectivity index (χ3n) is 4.73. The van der Waals surface area contributed by atoms with Crippen molar-refractivity contribution in [3.63, 3.8) is 0 Å². The van der Waals surface area contributed by atoms with Crippen LogP contribution >= 0.6 is 0 Å². The van der Waals surface area contributed by atoms with E-state index < -0.39 is 0 Å². The fourth-order valence-electron chi connectivity index (χ4n) is 3.66. The van der Waals surface area contributed by atoms with Gasteiger partial charge in [0, 0.05) is 24.7 Å². The lowest BCUT2D eigenvalue weighted by atomic mass is 10.1. The van der Waals surface area contributed by atoms with E-state index in [9.17, 15) is 0 Å². The van der Waals surface area contributed by atoms with Crippen LogP contribution in [0.2, 0.25) is 0 Å². The SMILES string of the molecule is CCc1cccc2c(CCNC3CCCC3)cn(C)c12. The first-order chi connectivity index (χ1) is 9.79. The van der Waals surface area contributed by atoms with Gasteiger partial charge in [-0.25, -0.2) is 0 Å². The molecule has 3 rings (SSSR count). The van der Waals surface area contributed by atoms with Crippen LogP contribution in [0.5, 0.6) is 0 Å². The van der Waals surface area contributed by atoms with Gasteiger partial charge >= 0.3 is 0 Å². The summed E-state index contributed by atoms with van der Waals surface area (Å²) in [5, 5.41) is 5.17. The number of nitrogens with zero attached hydrogens (tertiary/aromatic N) is 1. The Labute approximate surface area is 122 Å². The first-order valence-electron chi connectivity index (χ1n) is 8.08. The van der Waals surface area contributed by atoms with Crippen LogP contribution in [0.1, 0.15) is 43.7 Å². The van der Waals surface area contributed by atoms with E-state index in [-0.39, 0.29) is 0 Å². The minimum Gasteiger partial charge on any atom is -0.350 e. The molecule has 0 radical (unpaired) electrons. The van der Waals surface area contributed by atoms with Crippen molar-refractivity contribution in [1.82, 2.24) is 9.88 Å². The van der Waals surface area contributed by atoms with E-state index in [1.807, 2.05) is 0 Å². The summed E-state index contributed by atoms with van der Waals surface area (Å²) >= 11 is 0. The van der Waals surface area contributed by atoms with Crippen molar-refractivity contribution in [2.24, 2.45) is 7.05 Å². The molecule has 1 heterocycles. The molecule has 0 amide bonds. The Kier molecular flexibility index (Phi) is 4.11. The zero-order valence-electron chi connectivity index (χ0n) is 12.8. The van der Waals surface area contributed by atoms with Gasteiger partial charge in [-0.3, -0.25) is 0 Å². The Hall–Kier alpha value is -1.28. The number of nitrogens with one attached hydrogen (secondary N) is 1. The van der Waals surface area contributed by atoms with Crippen LogP contribution in [0.4, 0.5) is 0 Å². The number of aryl methyl sites for hydroxylation is 2. The number of benzene rings is 1. The first-order valence-corrected chi connectivity index (χ1v) is 8.08. The van der Waals surface area contributed by atoms with Crippen molar-refractivity contribution in [3.8, 4) is 0 Å². The second-order valence-corrected chi connectivity index (χ2v) is 6.12. The molecule has 0 atom stereocenters. The summed E-state index contributed by atoms with van der Waals surface area (Å²) in [6, 6.07) is 7.51. The molecule has 0 bridgehead atoms. The molecule has 2 nitrogen and oxygen atoms in total. The third kappa shape index (κ3) is 2.62. The molecule has 1 aromatic heterocycles. The van der Waals surface area contributed by atoms with E-state index in [0.717, 1.165) is 25.4 Å². The van der Waals surface area contributed by atoms with Crippen LogP contribution in [-0.2, 0) is 19.9 Å². The number of hydrogen-bond acceptors (Lipinski definition) is 1. The number of para-hydroxylation sites is 1. The fraction of sp³-hybridized carbons (Fsp3) is 0.556. The summed E-state index contributed by atoms with van der Waals surface area (Å²) < 4.78 is 2.30. The van der Waals surface area contributed by atoms with Gasteiger partial charge in [0.15, 0.2) is 0 Å². The number of rotatable bonds is 5. The highest BCUT2D eigenvalue weighted by molar-refractivity contribution is 5.86. The van der Waals surface area contributed by atoms with E-state index in [0.29, 0.717) is 0 Å².